The summed E-state index contributed by atoms with van der Waals surface area (Å²) < 4.78 is 6.75. The lowest BCUT2D eigenvalue weighted by atomic mass is 9.45. The molecule has 2 N–H and O–H groups in total. The fourth-order valence-electron chi connectivity index (χ4n) is 9.09. The number of likely N-dealkylation sites (tertiary alicyclic amines) is 1. The molecule has 43 heavy (non-hydrogen) atoms. The summed E-state index contributed by atoms with van der Waals surface area (Å²) in [5.74, 6) is 0.518. The largest absolute Gasteiger partial charge is 0.504 e. The van der Waals surface area contributed by atoms with Gasteiger partial charge in [-0.3, -0.25) is 9.69 Å². The van der Waals surface area contributed by atoms with Gasteiger partial charge in [-0.25, -0.2) is 0 Å². The van der Waals surface area contributed by atoms with Crippen molar-refractivity contribution in [2.75, 3.05) is 20.1 Å². The van der Waals surface area contributed by atoms with Crippen LogP contribution < -0.4 is 4.74 Å². The third-order valence-corrected chi connectivity index (χ3v) is 11.1. The van der Waals surface area contributed by atoms with Gasteiger partial charge in [0.15, 0.2) is 11.5 Å². The minimum absolute atomic E-state index is 0.0284. The number of piperidine rings is 1. The van der Waals surface area contributed by atoms with Crippen LogP contribution in [0.3, 0.4) is 0 Å². The molecule has 1 spiro atoms. The highest BCUT2D eigenvalue weighted by Crippen LogP contribution is 2.67. The van der Waals surface area contributed by atoms with Gasteiger partial charge in [0.1, 0.15) is 6.10 Å². The quantitative estimate of drug-likeness (QED) is 0.374. The van der Waals surface area contributed by atoms with E-state index in [4.69, 9.17) is 4.74 Å². The first kappa shape index (κ1) is 28.2. The number of phenolic OH excluding ortho intramolecular Hbond substituents is 1. The standard InChI is InChI=1S/C37H42N2O4/c1-4-28-23-29(38(3)32(41)16-13-26-12-8-9-24(2)21-26)35-36-18-20-39(19-17-25-10-6-5-7-11-25)31(37(28,36)42)22-27-14-15-30(40)34(43-35)33(27)36/h5-16,21,28-29,31,35,40,42H,4,17-20,22-23H2,1-3H3/t28-,29-,31+,35+,36-,37+/m0/s1. The highest BCUT2D eigenvalue weighted by molar-refractivity contribution is 5.92. The molecule has 1 saturated heterocycles. The van der Waals surface area contributed by atoms with Crippen LogP contribution in [-0.2, 0) is 23.1 Å². The molecule has 2 aliphatic carbocycles. The lowest BCUT2D eigenvalue weighted by molar-refractivity contribution is -0.228. The number of aromatic hydroxyl groups is 1. The first-order valence-corrected chi connectivity index (χ1v) is 15.8. The van der Waals surface area contributed by atoms with Crippen molar-refractivity contribution in [1.82, 2.24) is 9.80 Å². The number of hydrogen-bond donors (Lipinski definition) is 2. The van der Waals surface area contributed by atoms with Gasteiger partial charge in [-0.1, -0.05) is 79.6 Å². The Bertz CT molecular complexity index is 1570. The van der Waals surface area contributed by atoms with Crippen molar-refractivity contribution in [3.05, 3.63) is 101 Å². The number of phenols is 1. The normalized spacial score (nSPS) is 30.6. The molecule has 0 unspecified atom stereocenters. The van der Waals surface area contributed by atoms with Crippen molar-refractivity contribution in [2.24, 2.45) is 5.92 Å². The first-order valence-electron chi connectivity index (χ1n) is 15.8. The number of nitrogens with zero attached hydrogens (tertiary/aromatic N) is 2. The third kappa shape index (κ3) is 4.17. The lowest BCUT2D eigenvalue weighted by Crippen LogP contribution is -2.81. The molecule has 4 aliphatic rings. The fourth-order valence-corrected chi connectivity index (χ4v) is 9.09. The van der Waals surface area contributed by atoms with Gasteiger partial charge in [0, 0.05) is 31.3 Å². The SMILES string of the molecule is CC[C@H]1C[C@H](N(C)C(=O)C=Cc2cccc(C)c2)[C@H]2Oc3c(O)ccc4c3[C@@]23CCN(CCc2ccccc2)[C@H](C4)[C@]13O. The van der Waals surface area contributed by atoms with E-state index in [0.29, 0.717) is 12.2 Å². The number of benzene rings is 3. The van der Waals surface area contributed by atoms with E-state index in [1.165, 1.54) is 5.56 Å². The van der Waals surface area contributed by atoms with Gasteiger partial charge in [-0.15, -0.1) is 0 Å². The summed E-state index contributed by atoms with van der Waals surface area (Å²) in [5, 5.41) is 24.3. The topological polar surface area (TPSA) is 73.2 Å². The summed E-state index contributed by atoms with van der Waals surface area (Å²) >= 11 is 0. The van der Waals surface area contributed by atoms with Crippen molar-refractivity contribution < 1.29 is 19.7 Å². The van der Waals surface area contributed by atoms with Crippen LogP contribution >= 0.6 is 0 Å². The summed E-state index contributed by atoms with van der Waals surface area (Å²) in [6.45, 7) is 5.92. The molecule has 2 aliphatic heterocycles. The number of amides is 1. The summed E-state index contributed by atoms with van der Waals surface area (Å²) in [7, 11) is 1.86. The molecule has 6 heteroatoms. The molecular formula is C37H42N2O4. The zero-order chi connectivity index (χ0) is 29.9. The number of carbonyl (C=O) groups excluding carboxylic acids is 1. The minimum atomic E-state index is -1.04. The van der Waals surface area contributed by atoms with Crippen LogP contribution in [-0.4, -0.2) is 69.8 Å². The average molecular weight is 579 g/mol. The summed E-state index contributed by atoms with van der Waals surface area (Å²) in [5.41, 5.74) is 3.84. The fraction of sp³-hybridized carbons (Fsp3) is 0.432. The van der Waals surface area contributed by atoms with Crippen molar-refractivity contribution in [3.8, 4) is 11.5 Å². The van der Waals surface area contributed by atoms with Crippen LogP contribution in [0.25, 0.3) is 6.08 Å². The third-order valence-electron chi connectivity index (χ3n) is 11.1. The monoisotopic (exact) mass is 578 g/mol. The van der Waals surface area contributed by atoms with E-state index in [1.54, 1.807) is 12.1 Å². The number of aryl methyl sites for hydroxylation is 1. The molecule has 6 atom stereocenters. The summed E-state index contributed by atoms with van der Waals surface area (Å²) in [6, 6.07) is 22.1. The number of hydrogen-bond acceptors (Lipinski definition) is 5. The molecule has 7 rings (SSSR count). The molecule has 2 heterocycles. The van der Waals surface area contributed by atoms with E-state index in [0.717, 1.165) is 61.0 Å². The van der Waals surface area contributed by atoms with Crippen molar-refractivity contribution in [1.29, 1.82) is 0 Å². The van der Waals surface area contributed by atoms with Gasteiger partial charge in [0.05, 0.1) is 17.1 Å². The Hall–Kier alpha value is -3.61. The Morgan fingerprint density at radius 3 is 2.72 bits per heavy atom. The highest BCUT2D eigenvalue weighted by atomic mass is 16.5. The number of ether oxygens (including phenoxy) is 1. The van der Waals surface area contributed by atoms with Crippen LogP contribution in [0.4, 0.5) is 0 Å². The second-order valence-electron chi connectivity index (χ2n) is 13.1. The molecule has 6 nitrogen and oxygen atoms in total. The number of carbonyl (C=O) groups is 1. The second-order valence-corrected chi connectivity index (χ2v) is 13.1. The maximum atomic E-state index is 13.7. The van der Waals surface area contributed by atoms with Crippen LogP contribution in [0.15, 0.2) is 72.8 Å². The molecule has 3 aromatic carbocycles. The molecule has 3 aromatic rings. The zero-order valence-corrected chi connectivity index (χ0v) is 25.4. The Labute approximate surface area is 254 Å². The van der Waals surface area contributed by atoms with Gasteiger partial charge in [-0.05, 0) is 73.9 Å². The van der Waals surface area contributed by atoms with E-state index >= 15 is 0 Å². The second kappa shape index (κ2) is 10.5. The Morgan fingerprint density at radius 1 is 1.14 bits per heavy atom. The molecular weight excluding hydrogens is 536 g/mol. The van der Waals surface area contributed by atoms with E-state index < -0.39 is 17.1 Å². The molecule has 224 valence electrons. The van der Waals surface area contributed by atoms with Crippen molar-refractivity contribution in [2.45, 2.75) is 75.2 Å². The van der Waals surface area contributed by atoms with Crippen LogP contribution in [0.1, 0.15) is 54.0 Å². The Morgan fingerprint density at radius 2 is 1.95 bits per heavy atom. The van der Waals surface area contributed by atoms with E-state index in [1.807, 2.05) is 55.3 Å². The van der Waals surface area contributed by atoms with Gasteiger partial charge < -0.3 is 19.8 Å². The number of rotatable bonds is 7. The van der Waals surface area contributed by atoms with E-state index in [2.05, 4.69) is 42.2 Å². The maximum absolute atomic E-state index is 13.7. The van der Waals surface area contributed by atoms with Crippen LogP contribution in [0.5, 0.6) is 11.5 Å². The van der Waals surface area contributed by atoms with E-state index in [9.17, 15) is 15.0 Å². The molecule has 0 radical (unpaired) electrons. The molecule has 2 fully saturated rings. The van der Waals surface area contributed by atoms with Crippen molar-refractivity contribution >= 4 is 12.0 Å². The zero-order valence-electron chi connectivity index (χ0n) is 25.4. The van der Waals surface area contributed by atoms with Crippen molar-refractivity contribution in [3.63, 3.8) is 0 Å². The van der Waals surface area contributed by atoms with Gasteiger partial charge >= 0.3 is 0 Å². The summed E-state index contributed by atoms with van der Waals surface area (Å²) in [6.07, 6.45) is 6.90. The molecule has 2 bridgehead atoms. The van der Waals surface area contributed by atoms with Gasteiger partial charge in [0.2, 0.25) is 5.91 Å². The van der Waals surface area contributed by atoms with Gasteiger partial charge in [0.25, 0.3) is 0 Å². The molecule has 1 saturated carbocycles. The predicted octanol–water partition coefficient (Wildman–Crippen LogP) is 5.27. The first-order chi connectivity index (χ1) is 20.8. The molecule has 1 amide bonds. The molecule has 0 aromatic heterocycles. The lowest BCUT2D eigenvalue weighted by Gasteiger charge is -2.67. The predicted molar refractivity (Wildman–Crippen MR) is 168 cm³/mol. The highest BCUT2D eigenvalue weighted by Gasteiger charge is 2.75. The van der Waals surface area contributed by atoms with E-state index in [-0.39, 0.29) is 29.7 Å². The smallest absolute Gasteiger partial charge is 0.246 e. The van der Waals surface area contributed by atoms with Crippen LogP contribution in [0.2, 0.25) is 0 Å². The maximum Gasteiger partial charge on any atom is 0.246 e. The Kier molecular flexibility index (Phi) is 6.90. The number of aliphatic hydroxyl groups is 1. The summed E-state index contributed by atoms with van der Waals surface area (Å²) in [4.78, 5) is 18.0. The van der Waals surface area contributed by atoms with Gasteiger partial charge in [-0.2, -0.15) is 0 Å². The Balaban J connectivity index is 1.26. The minimum Gasteiger partial charge on any atom is -0.504 e. The number of likely N-dealkylation sites (N-methyl/N-ethyl adjacent to an activating group) is 1. The van der Waals surface area contributed by atoms with Crippen LogP contribution in [0, 0.1) is 12.8 Å². The average Bonchev–Trinajstić information content (AvgIpc) is 3.36.